The van der Waals surface area contributed by atoms with Crippen molar-refractivity contribution in [3.63, 3.8) is 0 Å². The molecule has 0 aliphatic heterocycles. The van der Waals surface area contributed by atoms with E-state index in [0.29, 0.717) is 27.8 Å². The van der Waals surface area contributed by atoms with Gasteiger partial charge in [0.2, 0.25) is 11.7 Å². The monoisotopic (exact) mass is 347 g/mol. The number of nitrogens with one attached hydrogen (secondary N) is 1. The molecule has 0 amide bonds. The van der Waals surface area contributed by atoms with Crippen LogP contribution in [0.4, 0.5) is 4.39 Å². The van der Waals surface area contributed by atoms with Crippen molar-refractivity contribution in [1.29, 1.82) is 0 Å². The van der Waals surface area contributed by atoms with Gasteiger partial charge in [0.25, 0.3) is 0 Å². The number of ether oxygens (including phenoxy) is 1. The molecule has 0 radical (unpaired) electrons. The predicted octanol–water partition coefficient (Wildman–Crippen LogP) is 2.35. The number of hydrogen-bond donors (Lipinski definition) is 1. The molecule has 0 bridgehead atoms. The maximum Gasteiger partial charge on any atom is 0.305 e. The fraction of sp³-hybridized carbons (Fsp3) is 0.143. The van der Waals surface area contributed by atoms with Crippen molar-refractivity contribution in [1.82, 2.24) is 34.3 Å². The maximum atomic E-state index is 13.3. The topological polar surface area (TPSA) is 86.4 Å². The summed E-state index contributed by atoms with van der Waals surface area (Å²) in [4.78, 5) is 12.3. The van der Waals surface area contributed by atoms with Crippen molar-refractivity contribution in [2.75, 3.05) is 7.11 Å². The van der Waals surface area contributed by atoms with Gasteiger partial charge in [0.05, 0.1) is 19.0 Å². The Hall–Kier alpha value is -2.94. The van der Waals surface area contributed by atoms with Crippen molar-refractivity contribution >= 4 is 22.6 Å². The van der Waals surface area contributed by atoms with E-state index in [-0.39, 0.29) is 5.82 Å². The van der Waals surface area contributed by atoms with Crippen LogP contribution in [0.5, 0.6) is 5.88 Å². The smallest absolute Gasteiger partial charge is 0.305 e. The van der Waals surface area contributed by atoms with E-state index in [1.54, 1.807) is 41.0 Å². The van der Waals surface area contributed by atoms with Crippen molar-refractivity contribution in [2.24, 2.45) is 7.05 Å². The number of hydrogen-bond acceptors (Lipinski definition) is 5. The van der Waals surface area contributed by atoms with E-state index >= 15 is 0 Å². The number of aryl methyl sites for hydroxylation is 1. The van der Waals surface area contributed by atoms with Gasteiger partial charge in [-0.1, -0.05) is 11.6 Å². The zero-order valence-corrected chi connectivity index (χ0v) is 13.4. The third-order valence-electron chi connectivity index (χ3n) is 3.69. The minimum absolute atomic E-state index is 0.201. The summed E-state index contributed by atoms with van der Waals surface area (Å²) in [6, 6.07) is 1.73. The Morgan fingerprint density at radius 1 is 1.33 bits per heavy atom. The molecule has 0 fully saturated rings. The predicted molar refractivity (Wildman–Crippen MR) is 84.7 cm³/mol. The van der Waals surface area contributed by atoms with E-state index in [1.165, 1.54) is 7.11 Å². The molecule has 0 aromatic carbocycles. The lowest BCUT2D eigenvalue weighted by Gasteiger charge is -2.04. The van der Waals surface area contributed by atoms with Crippen LogP contribution in [0.3, 0.4) is 0 Å². The highest BCUT2D eigenvalue weighted by Gasteiger charge is 2.24. The molecule has 0 unspecified atom stereocenters. The van der Waals surface area contributed by atoms with E-state index in [9.17, 15) is 4.39 Å². The van der Waals surface area contributed by atoms with Gasteiger partial charge in [0.15, 0.2) is 0 Å². The van der Waals surface area contributed by atoms with E-state index < -0.39 is 6.08 Å². The highest BCUT2D eigenvalue weighted by atomic mass is 35.5. The van der Waals surface area contributed by atoms with E-state index in [0.717, 1.165) is 5.52 Å². The molecule has 4 rings (SSSR count). The molecule has 0 aliphatic rings. The number of fused-ring (bicyclic) bond motifs is 1. The van der Waals surface area contributed by atoms with Gasteiger partial charge >= 0.3 is 6.08 Å². The first-order chi connectivity index (χ1) is 11.6. The molecule has 0 atom stereocenters. The number of halogens is 2. The molecule has 10 heteroatoms. The fourth-order valence-corrected chi connectivity index (χ4v) is 2.89. The number of H-pyrrole nitrogens is 1. The lowest BCUT2D eigenvalue weighted by Crippen LogP contribution is -1.98. The van der Waals surface area contributed by atoms with Crippen molar-refractivity contribution in [2.45, 2.75) is 0 Å². The number of methoxy groups -OCH3 is 1. The van der Waals surface area contributed by atoms with Gasteiger partial charge in [0, 0.05) is 19.4 Å². The number of rotatable bonds is 3. The summed E-state index contributed by atoms with van der Waals surface area (Å²) in [6.07, 6.45) is 4.23. The van der Waals surface area contributed by atoms with Crippen LogP contribution >= 0.6 is 11.6 Å². The molecule has 0 saturated carbocycles. The van der Waals surface area contributed by atoms with Crippen LogP contribution in [0.2, 0.25) is 5.02 Å². The minimum Gasteiger partial charge on any atom is -0.480 e. The lowest BCUT2D eigenvalue weighted by molar-refractivity contribution is 0.400. The van der Waals surface area contributed by atoms with Crippen LogP contribution in [0.25, 0.3) is 28.2 Å². The second-order valence-corrected chi connectivity index (χ2v) is 5.43. The first kappa shape index (κ1) is 14.6. The Balaban J connectivity index is 2.14. The number of aromatic nitrogens is 7. The van der Waals surface area contributed by atoms with Crippen molar-refractivity contribution < 1.29 is 9.13 Å². The Morgan fingerprint density at radius 3 is 2.79 bits per heavy atom. The Morgan fingerprint density at radius 2 is 2.17 bits per heavy atom. The molecule has 4 aromatic rings. The highest BCUT2D eigenvalue weighted by Crippen LogP contribution is 2.36. The molecule has 0 aliphatic carbocycles. The minimum atomic E-state index is -0.768. The largest absolute Gasteiger partial charge is 0.480 e. The van der Waals surface area contributed by atoms with Gasteiger partial charge in [0.1, 0.15) is 21.9 Å². The first-order valence-electron chi connectivity index (χ1n) is 6.89. The molecular weight excluding hydrogens is 337 g/mol. The summed E-state index contributed by atoms with van der Waals surface area (Å²) >= 11 is 6.19. The van der Waals surface area contributed by atoms with Crippen molar-refractivity contribution in [3.8, 4) is 23.1 Å². The van der Waals surface area contributed by atoms with Crippen LogP contribution in [0, 0.1) is 6.08 Å². The van der Waals surface area contributed by atoms with Crippen LogP contribution < -0.4 is 4.74 Å². The molecule has 0 spiro atoms. The Kier molecular flexibility index (Phi) is 3.24. The second kappa shape index (κ2) is 5.31. The third kappa shape index (κ3) is 2.05. The summed E-state index contributed by atoms with van der Waals surface area (Å²) in [6.45, 7) is 0. The van der Waals surface area contributed by atoms with E-state index in [4.69, 9.17) is 16.3 Å². The van der Waals surface area contributed by atoms with Gasteiger partial charge in [-0.3, -0.25) is 0 Å². The average Bonchev–Trinajstić information content (AvgIpc) is 3.27. The van der Waals surface area contributed by atoms with Gasteiger partial charge < -0.3 is 13.9 Å². The molecule has 8 nitrogen and oxygen atoms in total. The molecule has 4 heterocycles. The average molecular weight is 348 g/mol. The summed E-state index contributed by atoms with van der Waals surface area (Å²) < 4.78 is 22.1. The van der Waals surface area contributed by atoms with Gasteiger partial charge in [-0.15, -0.1) is 5.10 Å². The Labute approximate surface area is 139 Å². The summed E-state index contributed by atoms with van der Waals surface area (Å²) in [5.74, 6) is 0.496. The zero-order chi connectivity index (χ0) is 16.8. The van der Waals surface area contributed by atoms with Gasteiger partial charge in [-0.25, -0.2) is 15.1 Å². The van der Waals surface area contributed by atoms with Gasteiger partial charge in [-0.2, -0.15) is 9.37 Å². The SMILES string of the molecule is COc1nc2c(-n3ccnc3)c(-c3n[nH]c(F)n3)n(C)c2cc1Cl. The molecule has 4 aromatic heterocycles. The molecule has 24 heavy (non-hydrogen) atoms. The Bertz CT molecular complexity index is 1040. The molecule has 122 valence electrons. The van der Waals surface area contributed by atoms with Crippen LogP contribution in [0.1, 0.15) is 0 Å². The molecular formula is C14H11ClFN7O. The lowest BCUT2D eigenvalue weighted by atomic mass is 10.3. The molecule has 0 saturated heterocycles. The maximum absolute atomic E-state index is 13.3. The first-order valence-corrected chi connectivity index (χ1v) is 7.27. The molecule has 1 N–H and O–H groups in total. The quantitative estimate of drug-likeness (QED) is 0.614. The fourth-order valence-electron chi connectivity index (χ4n) is 2.67. The third-order valence-corrected chi connectivity index (χ3v) is 3.97. The highest BCUT2D eigenvalue weighted by molar-refractivity contribution is 6.32. The number of aromatic amines is 1. The summed E-state index contributed by atoms with van der Waals surface area (Å²) in [5, 5.41) is 6.50. The standard InChI is InChI=1S/C14H11ClFN7O/c1-22-8-5-7(15)13(24-2)18-9(8)10(23-4-3-17-6-23)11(22)12-19-14(16)21-20-12/h3-6H,1-2H3,(H,19,20,21). The van der Waals surface area contributed by atoms with Crippen LogP contribution in [-0.4, -0.2) is 41.4 Å². The van der Waals surface area contributed by atoms with Crippen molar-refractivity contribution in [3.05, 3.63) is 35.9 Å². The zero-order valence-electron chi connectivity index (χ0n) is 12.7. The van der Waals surface area contributed by atoms with Crippen LogP contribution in [-0.2, 0) is 7.05 Å². The number of nitrogens with zero attached hydrogens (tertiary/aromatic N) is 6. The van der Waals surface area contributed by atoms with Crippen LogP contribution in [0.15, 0.2) is 24.8 Å². The number of imidazole rings is 1. The summed E-state index contributed by atoms with van der Waals surface area (Å²) in [5.41, 5.74) is 2.56. The van der Waals surface area contributed by atoms with Gasteiger partial charge in [-0.05, 0) is 6.07 Å². The second-order valence-electron chi connectivity index (χ2n) is 5.02. The normalized spacial score (nSPS) is 11.3. The number of pyridine rings is 1. The van der Waals surface area contributed by atoms with E-state index in [2.05, 4.69) is 25.1 Å². The van der Waals surface area contributed by atoms with E-state index in [1.807, 2.05) is 0 Å². The summed E-state index contributed by atoms with van der Waals surface area (Å²) in [7, 11) is 3.29.